The Morgan fingerprint density at radius 1 is 0.815 bits per heavy atom. The Kier molecular flexibility index (Phi) is 4.58. The van der Waals surface area contributed by atoms with E-state index < -0.39 is 11.7 Å². The first-order valence-electron chi connectivity index (χ1n) is 8.43. The van der Waals surface area contributed by atoms with Crippen LogP contribution >= 0.6 is 0 Å². The molecular formula is C22H16F3NSe. The number of para-hydroxylation sites is 1. The summed E-state index contributed by atoms with van der Waals surface area (Å²) in [5.74, 6) is 0. The summed E-state index contributed by atoms with van der Waals surface area (Å²) in [6.45, 7) is 0. The molecule has 0 unspecified atom stereocenters. The predicted octanol–water partition coefficient (Wildman–Crippen LogP) is 4.52. The third kappa shape index (κ3) is 3.41. The standard InChI is InChI=1S/C22H16F3NSe/c1-26-19-13-6-5-12-18(19)21(20(26)15-8-3-2-4-9-15)27-17-11-7-10-16(14-17)22(23,24)25/h2-14H,1H3. The number of aromatic nitrogens is 1. The molecule has 0 spiro atoms. The second-order valence-corrected chi connectivity index (χ2v) is 8.52. The van der Waals surface area contributed by atoms with E-state index in [0.717, 1.165) is 32.7 Å². The molecule has 0 fully saturated rings. The number of hydrogen-bond acceptors (Lipinski definition) is 0. The van der Waals surface area contributed by atoms with Gasteiger partial charge in [0.05, 0.1) is 0 Å². The van der Waals surface area contributed by atoms with Gasteiger partial charge in [0.1, 0.15) is 0 Å². The average molecular weight is 430 g/mol. The van der Waals surface area contributed by atoms with Crippen molar-refractivity contribution in [3.8, 4) is 11.3 Å². The van der Waals surface area contributed by atoms with Gasteiger partial charge in [0.2, 0.25) is 0 Å². The average Bonchev–Trinajstić information content (AvgIpc) is 2.94. The van der Waals surface area contributed by atoms with Gasteiger partial charge in [-0.15, -0.1) is 0 Å². The Hall–Kier alpha value is -2.49. The summed E-state index contributed by atoms with van der Waals surface area (Å²) >= 11 is -0.257. The van der Waals surface area contributed by atoms with E-state index in [2.05, 4.69) is 4.57 Å². The zero-order chi connectivity index (χ0) is 19.0. The summed E-state index contributed by atoms with van der Waals surface area (Å²) in [6.07, 6.45) is -4.33. The molecule has 0 aliphatic heterocycles. The molecule has 0 bridgehead atoms. The molecular weight excluding hydrogens is 414 g/mol. The Bertz CT molecular complexity index is 1100. The number of fused-ring (bicyclic) bond motifs is 1. The molecule has 1 aromatic heterocycles. The van der Waals surface area contributed by atoms with Crippen LogP contribution in [0.2, 0.25) is 0 Å². The minimum atomic E-state index is -4.33. The van der Waals surface area contributed by atoms with Crippen LogP contribution in [0.3, 0.4) is 0 Å². The number of aryl methyl sites for hydroxylation is 1. The zero-order valence-electron chi connectivity index (χ0n) is 14.5. The molecule has 0 aliphatic rings. The summed E-state index contributed by atoms with van der Waals surface area (Å²) in [6, 6.07) is 23.7. The van der Waals surface area contributed by atoms with Crippen molar-refractivity contribution in [2.45, 2.75) is 6.18 Å². The van der Waals surface area contributed by atoms with Gasteiger partial charge in [0.15, 0.2) is 0 Å². The van der Waals surface area contributed by atoms with Crippen molar-refractivity contribution < 1.29 is 13.2 Å². The van der Waals surface area contributed by atoms with E-state index in [4.69, 9.17) is 0 Å². The van der Waals surface area contributed by atoms with Crippen LogP contribution in [0.1, 0.15) is 5.56 Å². The van der Waals surface area contributed by atoms with Crippen LogP contribution in [0.4, 0.5) is 13.2 Å². The van der Waals surface area contributed by atoms with E-state index >= 15 is 0 Å². The van der Waals surface area contributed by atoms with Crippen LogP contribution in [-0.2, 0) is 13.2 Å². The van der Waals surface area contributed by atoms with E-state index in [1.165, 1.54) is 12.1 Å². The number of nitrogens with zero attached hydrogens (tertiary/aromatic N) is 1. The molecule has 1 heterocycles. The molecule has 0 saturated carbocycles. The van der Waals surface area contributed by atoms with Crippen molar-refractivity contribution in [3.63, 3.8) is 0 Å². The number of hydrogen-bond donors (Lipinski definition) is 0. The van der Waals surface area contributed by atoms with E-state index in [9.17, 15) is 13.2 Å². The first kappa shape index (κ1) is 17.9. The van der Waals surface area contributed by atoms with E-state index in [-0.39, 0.29) is 15.0 Å². The maximum absolute atomic E-state index is 13.1. The summed E-state index contributed by atoms with van der Waals surface area (Å²) < 4.78 is 43.3. The van der Waals surface area contributed by atoms with Gasteiger partial charge in [-0.25, -0.2) is 0 Å². The molecule has 136 valence electrons. The van der Waals surface area contributed by atoms with Crippen molar-refractivity contribution in [1.82, 2.24) is 4.57 Å². The van der Waals surface area contributed by atoms with E-state index in [1.54, 1.807) is 6.07 Å². The SMILES string of the molecule is Cn1c(-c2ccccc2)c([Se]c2cccc(C(F)(F)F)c2)c2ccccc21. The predicted molar refractivity (Wildman–Crippen MR) is 105 cm³/mol. The third-order valence-corrected chi connectivity index (χ3v) is 6.81. The molecule has 0 N–H and O–H groups in total. The van der Waals surface area contributed by atoms with Crippen molar-refractivity contribution in [3.05, 3.63) is 84.4 Å². The van der Waals surface area contributed by atoms with Gasteiger partial charge in [0, 0.05) is 0 Å². The van der Waals surface area contributed by atoms with Crippen LogP contribution in [0.25, 0.3) is 22.2 Å². The monoisotopic (exact) mass is 431 g/mol. The summed E-state index contributed by atoms with van der Waals surface area (Å²) in [7, 11) is 2.01. The fourth-order valence-corrected chi connectivity index (χ4v) is 5.76. The van der Waals surface area contributed by atoms with Gasteiger partial charge >= 0.3 is 161 Å². The number of benzene rings is 3. The second kappa shape index (κ2) is 6.91. The summed E-state index contributed by atoms with van der Waals surface area (Å²) in [4.78, 5) is 0. The van der Waals surface area contributed by atoms with Crippen LogP contribution in [-0.4, -0.2) is 19.5 Å². The Labute approximate surface area is 161 Å². The van der Waals surface area contributed by atoms with Crippen LogP contribution in [0, 0.1) is 0 Å². The quantitative estimate of drug-likeness (QED) is 0.422. The Morgan fingerprint density at radius 2 is 1.52 bits per heavy atom. The van der Waals surface area contributed by atoms with Gasteiger partial charge in [-0.05, 0) is 0 Å². The van der Waals surface area contributed by atoms with Gasteiger partial charge < -0.3 is 0 Å². The fraction of sp³-hybridized carbons (Fsp3) is 0.0909. The van der Waals surface area contributed by atoms with Crippen LogP contribution in [0.5, 0.6) is 0 Å². The summed E-state index contributed by atoms with van der Waals surface area (Å²) in [5, 5.41) is 1.09. The van der Waals surface area contributed by atoms with Crippen molar-refractivity contribution in [1.29, 1.82) is 0 Å². The van der Waals surface area contributed by atoms with E-state index in [1.807, 2.05) is 61.6 Å². The number of rotatable bonds is 3. The molecule has 3 aromatic carbocycles. The Balaban J connectivity index is 1.89. The third-order valence-electron chi connectivity index (χ3n) is 4.49. The molecule has 5 heteroatoms. The molecule has 4 aromatic rings. The molecule has 1 nitrogen and oxygen atoms in total. The molecule has 0 atom stereocenters. The first-order chi connectivity index (χ1) is 12.9. The molecule has 0 aliphatic carbocycles. The molecule has 0 saturated heterocycles. The van der Waals surface area contributed by atoms with E-state index in [0.29, 0.717) is 4.46 Å². The van der Waals surface area contributed by atoms with Crippen LogP contribution < -0.4 is 8.92 Å². The Morgan fingerprint density at radius 3 is 2.26 bits per heavy atom. The van der Waals surface area contributed by atoms with Crippen molar-refractivity contribution in [2.75, 3.05) is 0 Å². The van der Waals surface area contributed by atoms with Gasteiger partial charge in [-0.1, -0.05) is 0 Å². The molecule has 0 amide bonds. The molecule has 4 rings (SSSR count). The van der Waals surface area contributed by atoms with Crippen molar-refractivity contribution >= 4 is 34.8 Å². The summed E-state index contributed by atoms with van der Waals surface area (Å²) in [5.41, 5.74) is 2.62. The maximum atomic E-state index is 13.1. The minimum absolute atomic E-state index is 0.257. The zero-order valence-corrected chi connectivity index (χ0v) is 16.2. The van der Waals surface area contributed by atoms with Gasteiger partial charge in [-0.2, -0.15) is 0 Å². The van der Waals surface area contributed by atoms with Crippen LogP contribution in [0.15, 0.2) is 78.9 Å². The molecule has 0 radical (unpaired) electrons. The molecule has 27 heavy (non-hydrogen) atoms. The normalized spacial score (nSPS) is 11.9. The second-order valence-electron chi connectivity index (χ2n) is 6.25. The first-order valence-corrected chi connectivity index (χ1v) is 10.1. The number of alkyl halides is 3. The van der Waals surface area contributed by atoms with Crippen molar-refractivity contribution in [2.24, 2.45) is 7.05 Å². The topological polar surface area (TPSA) is 4.93 Å². The van der Waals surface area contributed by atoms with Gasteiger partial charge in [-0.3, -0.25) is 0 Å². The number of halogens is 3. The van der Waals surface area contributed by atoms with Gasteiger partial charge in [0.25, 0.3) is 0 Å². The fourth-order valence-electron chi connectivity index (χ4n) is 3.24.